The number of fused-ring (bicyclic) bond motifs is 1. The summed E-state index contributed by atoms with van der Waals surface area (Å²) in [7, 11) is 0. The van der Waals surface area contributed by atoms with Crippen LogP contribution in [0.1, 0.15) is 12.5 Å². The summed E-state index contributed by atoms with van der Waals surface area (Å²) >= 11 is 0. The van der Waals surface area contributed by atoms with Crippen LogP contribution in [-0.2, 0) is 13.0 Å². The van der Waals surface area contributed by atoms with Gasteiger partial charge in [0.1, 0.15) is 0 Å². The number of carbonyl (C=O) groups excluding carboxylic acids is 1. The molecule has 0 unspecified atom stereocenters. The summed E-state index contributed by atoms with van der Waals surface area (Å²) in [6.07, 6.45) is 2.29. The monoisotopic (exact) mass is 310 g/mol. The second-order valence-corrected chi connectivity index (χ2v) is 5.18. The fraction of sp³-hybridized carbons (Fsp3) is 0.235. The van der Waals surface area contributed by atoms with Crippen molar-refractivity contribution in [1.29, 1.82) is 0 Å². The van der Waals surface area contributed by atoms with Crippen molar-refractivity contribution in [3.05, 3.63) is 64.7 Å². The predicted octanol–water partition coefficient (Wildman–Crippen LogP) is 2.02. The van der Waals surface area contributed by atoms with E-state index in [1.165, 1.54) is 0 Å². The summed E-state index contributed by atoms with van der Waals surface area (Å²) in [5.74, 6) is 0. The van der Waals surface area contributed by atoms with E-state index in [4.69, 9.17) is 0 Å². The van der Waals surface area contributed by atoms with E-state index >= 15 is 0 Å². The van der Waals surface area contributed by atoms with E-state index in [2.05, 4.69) is 10.3 Å². The maximum absolute atomic E-state index is 12.4. The van der Waals surface area contributed by atoms with Gasteiger partial charge in [0.15, 0.2) is 5.65 Å². The van der Waals surface area contributed by atoms with Crippen LogP contribution in [0.5, 0.6) is 0 Å². The van der Waals surface area contributed by atoms with Crippen LogP contribution < -0.4 is 11.0 Å². The number of carbonyl (C=O) groups is 1. The molecule has 3 rings (SSSR count). The Labute approximate surface area is 133 Å². The smallest absolute Gasteiger partial charge is 0.337 e. The highest BCUT2D eigenvalue weighted by atomic mass is 16.2. The van der Waals surface area contributed by atoms with Crippen molar-refractivity contribution in [3.8, 4) is 0 Å². The topological polar surface area (TPSA) is 68.9 Å². The molecule has 2 heterocycles. The molecule has 6 nitrogen and oxygen atoms in total. The van der Waals surface area contributed by atoms with Crippen molar-refractivity contribution in [2.75, 3.05) is 6.54 Å². The number of aryl methyl sites for hydroxylation is 1. The molecule has 1 N–H and O–H groups in total. The van der Waals surface area contributed by atoms with Crippen molar-refractivity contribution in [2.24, 2.45) is 0 Å². The van der Waals surface area contributed by atoms with Crippen LogP contribution in [0.15, 0.2) is 53.5 Å². The van der Waals surface area contributed by atoms with Gasteiger partial charge < -0.3 is 5.32 Å². The molecule has 0 atom stereocenters. The minimum absolute atomic E-state index is 0.363. The molecule has 0 aliphatic carbocycles. The first-order valence-corrected chi connectivity index (χ1v) is 7.60. The summed E-state index contributed by atoms with van der Waals surface area (Å²) in [6, 6.07) is 13.0. The number of nitrogens with zero attached hydrogens (tertiary/aromatic N) is 3. The first kappa shape index (κ1) is 15.0. The second-order valence-electron chi connectivity index (χ2n) is 5.18. The first-order chi connectivity index (χ1) is 11.2. The van der Waals surface area contributed by atoms with E-state index in [9.17, 15) is 9.59 Å². The number of hydrogen-bond donors (Lipinski definition) is 1. The van der Waals surface area contributed by atoms with Crippen molar-refractivity contribution < 1.29 is 4.79 Å². The quantitative estimate of drug-likeness (QED) is 0.801. The Hall–Kier alpha value is -2.89. The molecule has 118 valence electrons. The Bertz CT molecular complexity index is 880. The van der Waals surface area contributed by atoms with Gasteiger partial charge in [0.2, 0.25) is 0 Å². The lowest BCUT2D eigenvalue weighted by Gasteiger charge is -2.05. The van der Waals surface area contributed by atoms with E-state index in [1.807, 2.05) is 37.3 Å². The summed E-state index contributed by atoms with van der Waals surface area (Å²) in [4.78, 5) is 29.0. The maximum atomic E-state index is 12.4. The van der Waals surface area contributed by atoms with E-state index in [0.29, 0.717) is 30.7 Å². The van der Waals surface area contributed by atoms with Crippen LogP contribution in [-0.4, -0.2) is 26.7 Å². The van der Waals surface area contributed by atoms with Gasteiger partial charge in [-0.3, -0.25) is 4.57 Å². The van der Waals surface area contributed by atoms with Gasteiger partial charge in [0.05, 0.1) is 5.52 Å². The summed E-state index contributed by atoms with van der Waals surface area (Å²) in [5.41, 5.74) is 1.82. The molecule has 0 spiro atoms. The van der Waals surface area contributed by atoms with Crippen LogP contribution in [0.3, 0.4) is 0 Å². The number of rotatable bonds is 4. The van der Waals surface area contributed by atoms with Gasteiger partial charge >= 0.3 is 11.7 Å². The molecular weight excluding hydrogens is 292 g/mol. The molecule has 0 aliphatic rings. The highest BCUT2D eigenvalue weighted by Crippen LogP contribution is 2.09. The minimum Gasteiger partial charge on any atom is -0.337 e. The van der Waals surface area contributed by atoms with Gasteiger partial charge in [-0.2, -0.15) is 4.57 Å². The van der Waals surface area contributed by atoms with Gasteiger partial charge in [-0.15, -0.1) is 0 Å². The number of amides is 1. The average molecular weight is 310 g/mol. The Morgan fingerprint density at radius 3 is 2.70 bits per heavy atom. The third kappa shape index (κ3) is 2.88. The Morgan fingerprint density at radius 2 is 1.96 bits per heavy atom. The lowest BCUT2D eigenvalue weighted by Crippen LogP contribution is -2.37. The molecule has 3 aromatic rings. The van der Waals surface area contributed by atoms with Crippen LogP contribution in [0.25, 0.3) is 11.2 Å². The average Bonchev–Trinajstić information content (AvgIpc) is 2.87. The molecule has 0 aliphatic heterocycles. The highest BCUT2D eigenvalue weighted by molar-refractivity contribution is 5.87. The Kier molecular flexibility index (Phi) is 4.23. The molecule has 1 amide bonds. The third-order valence-corrected chi connectivity index (χ3v) is 3.74. The largest absolute Gasteiger partial charge is 0.338 e. The molecular formula is C17H18N4O2. The van der Waals surface area contributed by atoms with E-state index in [0.717, 1.165) is 10.1 Å². The van der Waals surface area contributed by atoms with Crippen LogP contribution in [0.2, 0.25) is 0 Å². The molecule has 0 radical (unpaired) electrons. The first-order valence-electron chi connectivity index (χ1n) is 7.60. The summed E-state index contributed by atoms with van der Waals surface area (Å²) in [5, 5.41) is 2.79. The van der Waals surface area contributed by atoms with Gasteiger partial charge in [-0.1, -0.05) is 30.3 Å². The zero-order chi connectivity index (χ0) is 16.2. The number of hydrogen-bond acceptors (Lipinski definition) is 3. The zero-order valence-electron chi connectivity index (χ0n) is 12.9. The molecule has 1 aromatic carbocycles. The zero-order valence-corrected chi connectivity index (χ0v) is 12.9. The lowest BCUT2D eigenvalue weighted by atomic mass is 10.1. The standard InChI is InChI=1S/C17H18N4O2/c1-2-20-14-9-6-11-18-15(14)21(17(20)23)16(22)19-12-10-13-7-4-3-5-8-13/h3-9,11H,2,10,12H2,1H3,(H,19,22). The van der Waals surface area contributed by atoms with Crippen LogP contribution >= 0.6 is 0 Å². The van der Waals surface area contributed by atoms with Crippen molar-refractivity contribution in [3.63, 3.8) is 0 Å². The molecule has 0 fully saturated rings. The number of imidazole rings is 1. The summed E-state index contributed by atoms with van der Waals surface area (Å²) < 4.78 is 2.64. The molecule has 0 bridgehead atoms. The van der Waals surface area contributed by atoms with Crippen molar-refractivity contribution in [1.82, 2.24) is 19.4 Å². The fourth-order valence-electron chi connectivity index (χ4n) is 2.61. The molecule has 0 saturated heterocycles. The number of pyridine rings is 1. The predicted molar refractivity (Wildman–Crippen MR) is 88.6 cm³/mol. The second kappa shape index (κ2) is 6.48. The summed E-state index contributed by atoms with van der Waals surface area (Å²) in [6.45, 7) is 2.82. The van der Waals surface area contributed by atoms with Crippen LogP contribution in [0, 0.1) is 0 Å². The Morgan fingerprint density at radius 1 is 1.17 bits per heavy atom. The molecule has 0 saturated carbocycles. The number of nitrogens with one attached hydrogen (secondary N) is 1. The minimum atomic E-state index is -0.443. The van der Waals surface area contributed by atoms with Gasteiger partial charge in [0, 0.05) is 19.3 Å². The third-order valence-electron chi connectivity index (χ3n) is 3.74. The highest BCUT2D eigenvalue weighted by Gasteiger charge is 2.18. The van der Waals surface area contributed by atoms with E-state index < -0.39 is 6.03 Å². The lowest BCUT2D eigenvalue weighted by molar-refractivity contribution is 0.242. The fourth-order valence-corrected chi connectivity index (χ4v) is 2.61. The van der Waals surface area contributed by atoms with Crippen LogP contribution in [0.4, 0.5) is 4.79 Å². The normalized spacial score (nSPS) is 10.8. The van der Waals surface area contributed by atoms with Crippen molar-refractivity contribution in [2.45, 2.75) is 19.9 Å². The molecule has 6 heteroatoms. The number of aromatic nitrogens is 3. The maximum Gasteiger partial charge on any atom is 0.338 e. The molecule has 2 aromatic heterocycles. The van der Waals surface area contributed by atoms with E-state index in [-0.39, 0.29) is 5.69 Å². The number of benzene rings is 1. The van der Waals surface area contributed by atoms with Crippen molar-refractivity contribution >= 4 is 17.2 Å². The van der Waals surface area contributed by atoms with Gasteiger partial charge in [-0.05, 0) is 31.0 Å². The van der Waals surface area contributed by atoms with E-state index in [1.54, 1.807) is 22.9 Å². The van der Waals surface area contributed by atoms with Gasteiger partial charge in [-0.25, -0.2) is 14.6 Å². The SMILES string of the molecule is CCn1c(=O)n(C(=O)NCCc2ccccc2)c2ncccc21. The van der Waals surface area contributed by atoms with Gasteiger partial charge in [0.25, 0.3) is 0 Å². The Balaban J connectivity index is 1.81. The molecule has 23 heavy (non-hydrogen) atoms.